The zero-order valence-corrected chi connectivity index (χ0v) is 14.2. The molecule has 0 unspecified atom stereocenters. The van der Waals surface area contributed by atoms with Gasteiger partial charge in [0, 0.05) is 23.7 Å². The number of nitrogens with zero attached hydrogens (tertiary/aromatic N) is 2. The summed E-state index contributed by atoms with van der Waals surface area (Å²) in [5, 5.41) is 0. The SMILES string of the molecule is CC.Cc1c(C(C)C)c(C(F)(F)F)cn1Cc1cccnc1N. The predicted molar refractivity (Wildman–Crippen MR) is 87.4 cm³/mol. The number of aromatic nitrogens is 2. The molecule has 2 heterocycles. The van der Waals surface area contributed by atoms with Gasteiger partial charge in [-0.25, -0.2) is 4.98 Å². The molecular weight excluding hydrogens is 303 g/mol. The standard InChI is InChI=1S/C15H18F3N3.C2H6/c1-9(2)13-10(3)21(8-12(13)15(16,17)18)7-11-5-4-6-20-14(11)19;1-2/h4-6,8-9H,7H2,1-3H3,(H2,19,20);1-2H3. The third-order valence-corrected chi connectivity index (χ3v) is 3.55. The van der Waals surface area contributed by atoms with Crippen molar-refractivity contribution < 1.29 is 13.2 Å². The summed E-state index contributed by atoms with van der Waals surface area (Å²) in [4.78, 5) is 3.96. The van der Waals surface area contributed by atoms with Crippen LogP contribution in [0, 0.1) is 6.92 Å². The number of nitrogen functional groups attached to an aromatic ring is 1. The molecule has 0 radical (unpaired) electrons. The minimum atomic E-state index is -4.35. The van der Waals surface area contributed by atoms with E-state index in [-0.39, 0.29) is 12.5 Å². The summed E-state index contributed by atoms with van der Waals surface area (Å²) >= 11 is 0. The lowest BCUT2D eigenvalue weighted by atomic mass is 9.99. The summed E-state index contributed by atoms with van der Waals surface area (Å²) in [6.07, 6.45) is -1.63. The lowest BCUT2D eigenvalue weighted by Crippen LogP contribution is -2.08. The van der Waals surface area contributed by atoms with Crippen LogP contribution in [0.15, 0.2) is 24.5 Å². The van der Waals surface area contributed by atoms with Crippen LogP contribution in [-0.4, -0.2) is 9.55 Å². The van der Waals surface area contributed by atoms with E-state index in [4.69, 9.17) is 5.73 Å². The van der Waals surface area contributed by atoms with Gasteiger partial charge in [-0.1, -0.05) is 33.8 Å². The van der Waals surface area contributed by atoms with Gasteiger partial charge in [-0.2, -0.15) is 13.2 Å². The van der Waals surface area contributed by atoms with E-state index in [0.29, 0.717) is 22.6 Å². The fourth-order valence-electron chi connectivity index (χ4n) is 2.56. The van der Waals surface area contributed by atoms with Gasteiger partial charge in [-0.05, 0) is 24.5 Å². The Labute approximate surface area is 135 Å². The van der Waals surface area contributed by atoms with Crippen LogP contribution < -0.4 is 5.73 Å². The maximum atomic E-state index is 13.2. The van der Waals surface area contributed by atoms with Crippen molar-refractivity contribution in [2.75, 3.05) is 5.73 Å². The van der Waals surface area contributed by atoms with Crippen molar-refractivity contribution in [3.8, 4) is 0 Å². The van der Waals surface area contributed by atoms with Gasteiger partial charge in [-0.15, -0.1) is 0 Å². The third-order valence-electron chi connectivity index (χ3n) is 3.55. The van der Waals surface area contributed by atoms with Crippen LogP contribution in [-0.2, 0) is 12.7 Å². The van der Waals surface area contributed by atoms with Crippen molar-refractivity contribution >= 4 is 5.82 Å². The van der Waals surface area contributed by atoms with Crippen LogP contribution in [0.3, 0.4) is 0 Å². The fraction of sp³-hybridized carbons (Fsp3) is 0.471. The third kappa shape index (κ3) is 4.27. The molecule has 2 aromatic rings. The second kappa shape index (κ2) is 7.53. The number of halogens is 3. The van der Waals surface area contributed by atoms with Crippen LogP contribution in [0.2, 0.25) is 0 Å². The molecule has 0 saturated carbocycles. The maximum absolute atomic E-state index is 13.2. The van der Waals surface area contributed by atoms with E-state index in [1.165, 1.54) is 0 Å². The van der Waals surface area contributed by atoms with Gasteiger partial charge in [0.25, 0.3) is 0 Å². The van der Waals surface area contributed by atoms with Crippen molar-refractivity contribution in [1.29, 1.82) is 0 Å². The number of pyridine rings is 1. The van der Waals surface area contributed by atoms with Crippen LogP contribution in [0.1, 0.15) is 56.0 Å². The van der Waals surface area contributed by atoms with Gasteiger partial charge >= 0.3 is 6.18 Å². The summed E-state index contributed by atoms with van der Waals surface area (Å²) in [6.45, 7) is 9.51. The Bertz CT molecular complexity index is 643. The summed E-state index contributed by atoms with van der Waals surface area (Å²) in [7, 11) is 0. The minimum absolute atomic E-state index is 0.200. The van der Waals surface area contributed by atoms with Gasteiger partial charge in [0.15, 0.2) is 0 Å². The second-order valence-electron chi connectivity index (χ2n) is 5.37. The van der Waals surface area contributed by atoms with Crippen LogP contribution >= 0.6 is 0 Å². The Morgan fingerprint density at radius 1 is 1.26 bits per heavy atom. The molecule has 128 valence electrons. The average Bonchev–Trinajstić information content (AvgIpc) is 2.81. The zero-order valence-electron chi connectivity index (χ0n) is 14.2. The molecule has 0 aliphatic heterocycles. The number of nitrogens with two attached hydrogens (primary N) is 1. The molecule has 0 aliphatic rings. The topological polar surface area (TPSA) is 43.8 Å². The molecule has 6 heteroatoms. The van der Waals surface area contributed by atoms with Crippen molar-refractivity contribution in [2.45, 2.75) is 53.3 Å². The Morgan fingerprint density at radius 2 is 1.87 bits per heavy atom. The highest BCUT2D eigenvalue weighted by molar-refractivity contribution is 5.41. The molecule has 0 aliphatic carbocycles. The van der Waals surface area contributed by atoms with Crippen molar-refractivity contribution in [1.82, 2.24) is 9.55 Å². The highest BCUT2D eigenvalue weighted by Gasteiger charge is 2.36. The number of rotatable bonds is 3. The first kappa shape index (κ1) is 19.1. The molecular formula is C17H24F3N3. The first-order valence-corrected chi connectivity index (χ1v) is 7.68. The van der Waals surface area contributed by atoms with E-state index >= 15 is 0 Å². The molecule has 0 atom stereocenters. The highest BCUT2D eigenvalue weighted by Crippen LogP contribution is 2.38. The number of anilines is 1. The zero-order chi connectivity index (χ0) is 17.8. The van der Waals surface area contributed by atoms with Gasteiger partial charge < -0.3 is 10.3 Å². The first-order chi connectivity index (χ1) is 10.7. The van der Waals surface area contributed by atoms with Crippen molar-refractivity contribution in [3.05, 3.63) is 46.9 Å². The summed E-state index contributed by atoms with van der Waals surface area (Å²) < 4.78 is 41.1. The van der Waals surface area contributed by atoms with E-state index in [1.807, 2.05) is 13.8 Å². The van der Waals surface area contributed by atoms with Crippen LogP contribution in [0.4, 0.5) is 19.0 Å². The molecule has 2 aromatic heterocycles. The quantitative estimate of drug-likeness (QED) is 0.863. The van der Waals surface area contributed by atoms with Crippen molar-refractivity contribution in [3.63, 3.8) is 0 Å². The summed E-state index contributed by atoms with van der Waals surface area (Å²) in [5.74, 6) is 0.138. The lowest BCUT2D eigenvalue weighted by Gasteiger charge is -2.12. The predicted octanol–water partition coefficient (Wildman–Crippen LogP) is 4.99. The molecule has 2 N–H and O–H groups in total. The van der Waals surface area contributed by atoms with Gasteiger partial charge in [0.2, 0.25) is 0 Å². The normalized spacial score (nSPS) is 11.3. The summed E-state index contributed by atoms with van der Waals surface area (Å²) in [6, 6.07) is 3.49. The van der Waals surface area contributed by atoms with E-state index < -0.39 is 11.7 Å². The van der Waals surface area contributed by atoms with Gasteiger partial charge in [-0.3, -0.25) is 0 Å². The number of alkyl halides is 3. The molecule has 0 amide bonds. The molecule has 2 rings (SSSR count). The Balaban J connectivity index is 0.00000127. The van der Waals surface area contributed by atoms with Crippen LogP contribution in [0.5, 0.6) is 0 Å². The van der Waals surface area contributed by atoms with E-state index in [9.17, 15) is 13.2 Å². The monoisotopic (exact) mass is 327 g/mol. The fourth-order valence-corrected chi connectivity index (χ4v) is 2.56. The number of hydrogen-bond donors (Lipinski definition) is 1. The second-order valence-corrected chi connectivity index (χ2v) is 5.37. The molecule has 0 spiro atoms. The average molecular weight is 327 g/mol. The molecule has 23 heavy (non-hydrogen) atoms. The molecule has 0 aromatic carbocycles. The van der Waals surface area contributed by atoms with E-state index in [1.54, 1.807) is 43.7 Å². The summed E-state index contributed by atoms with van der Waals surface area (Å²) in [5.41, 5.74) is 6.85. The smallest absolute Gasteiger partial charge is 0.383 e. The Hall–Kier alpha value is -1.98. The lowest BCUT2D eigenvalue weighted by molar-refractivity contribution is -0.138. The Kier molecular flexibility index (Phi) is 6.24. The molecule has 0 fully saturated rings. The minimum Gasteiger partial charge on any atom is -0.383 e. The highest BCUT2D eigenvalue weighted by atomic mass is 19.4. The van der Waals surface area contributed by atoms with Gasteiger partial charge in [0.1, 0.15) is 5.82 Å². The molecule has 0 bridgehead atoms. The van der Waals surface area contributed by atoms with E-state index in [2.05, 4.69) is 4.98 Å². The first-order valence-electron chi connectivity index (χ1n) is 7.68. The van der Waals surface area contributed by atoms with E-state index in [0.717, 1.165) is 6.20 Å². The maximum Gasteiger partial charge on any atom is 0.418 e. The van der Waals surface area contributed by atoms with Gasteiger partial charge in [0.05, 0.1) is 12.1 Å². The van der Waals surface area contributed by atoms with Crippen molar-refractivity contribution in [2.24, 2.45) is 0 Å². The molecule has 0 saturated heterocycles. The molecule has 3 nitrogen and oxygen atoms in total. The Morgan fingerprint density at radius 3 is 2.30 bits per heavy atom. The van der Waals surface area contributed by atoms with Crippen LogP contribution in [0.25, 0.3) is 0 Å². The largest absolute Gasteiger partial charge is 0.418 e. The number of hydrogen-bond acceptors (Lipinski definition) is 2.